The van der Waals surface area contributed by atoms with Gasteiger partial charge in [0.05, 0.1) is 0 Å². The highest BCUT2D eigenvalue weighted by Crippen LogP contribution is 2.28. The largest absolute Gasteiger partial charge is 0.480 e. The SMILES string of the molecule is CC(C)(C)OC(=O)N1CCN2CCC[C@@H]2C1C(=O)O. The lowest BCUT2D eigenvalue weighted by Crippen LogP contribution is -2.62. The molecule has 0 radical (unpaired) electrons. The number of ether oxygens (including phenoxy) is 1. The van der Waals surface area contributed by atoms with Crippen LogP contribution in [0.1, 0.15) is 33.6 Å². The van der Waals surface area contributed by atoms with Gasteiger partial charge in [-0.05, 0) is 40.2 Å². The average Bonchev–Trinajstić information content (AvgIpc) is 2.72. The third-order valence-corrected chi connectivity index (χ3v) is 3.62. The number of hydrogen-bond acceptors (Lipinski definition) is 4. The Morgan fingerprint density at radius 1 is 1.21 bits per heavy atom. The molecule has 1 N–H and O–H groups in total. The number of carboxylic acid groups (broad SMARTS) is 1. The van der Waals surface area contributed by atoms with E-state index in [-0.39, 0.29) is 6.04 Å². The van der Waals surface area contributed by atoms with E-state index in [1.807, 2.05) is 0 Å². The molecule has 2 atom stereocenters. The maximum absolute atomic E-state index is 12.1. The van der Waals surface area contributed by atoms with Crippen molar-refractivity contribution in [2.24, 2.45) is 0 Å². The van der Waals surface area contributed by atoms with Crippen molar-refractivity contribution >= 4 is 12.1 Å². The first kappa shape index (κ1) is 14.1. The average molecular weight is 270 g/mol. The molecule has 19 heavy (non-hydrogen) atoms. The van der Waals surface area contributed by atoms with Crippen LogP contribution in [0.2, 0.25) is 0 Å². The van der Waals surface area contributed by atoms with E-state index in [1.54, 1.807) is 20.8 Å². The molecule has 2 fully saturated rings. The number of carbonyl (C=O) groups is 2. The van der Waals surface area contributed by atoms with Crippen LogP contribution in [0.25, 0.3) is 0 Å². The van der Waals surface area contributed by atoms with Crippen molar-refractivity contribution in [2.75, 3.05) is 19.6 Å². The molecule has 0 aliphatic carbocycles. The molecule has 1 amide bonds. The van der Waals surface area contributed by atoms with Crippen LogP contribution in [0.4, 0.5) is 4.79 Å². The molecular formula is C13H22N2O4. The molecule has 0 spiro atoms. The predicted molar refractivity (Wildman–Crippen MR) is 69.0 cm³/mol. The summed E-state index contributed by atoms with van der Waals surface area (Å²) in [6, 6.07) is -0.857. The number of piperazine rings is 1. The van der Waals surface area contributed by atoms with Crippen LogP contribution in [0.3, 0.4) is 0 Å². The van der Waals surface area contributed by atoms with Crippen molar-refractivity contribution in [1.82, 2.24) is 9.80 Å². The first-order chi connectivity index (χ1) is 8.79. The monoisotopic (exact) mass is 270 g/mol. The number of carbonyl (C=O) groups excluding carboxylic acids is 1. The number of carboxylic acids is 1. The van der Waals surface area contributed by atoms with E-state index in [9.17, 15) is 14.7 Å². The molecule has 2 rings (SSSR count). The second-order valence-electron chi connectivity index (χ2n) is 6.20. The van der Waals surface area contributed by atoms with Crippen LogP contribution in [0.5, 0.6) is 0 Å². The van der Waals surface area contributed by atoms with Crippen molar-refractivity contribution in [3.63, 3.8) is 0 Å². The van der Waals surface area contributed by atoms with Gasteiger partial charge in [0, 0.05) is 19.1 Å². The summed E-state index contributed by atoms with van der Waals surface area (Å²) in [5.74, 6) is -0.942. The summed E-state index contributed by atoms with van der Waals surface area (Å²) in [4.78, 5) is 27.2. The number of fused-ring (bicyclic) bond motifs is 1. The molecule has 0 aromatic carbocycles. The Hall–Kier alpha value is -1.30. The lowest BCUT2D eigenvalue weighted by Gasteiger charge is -2.42. The molecule has 6 nitrogen and oxygen atoms in total. The Bertz CT molecular complexity index is 377. The maximum Gasteiger partial charge on any atom is 0.411 e. The summed E-state index contributed by atoms with van der Waals surface area (Å²) in [5.41, 5.74) is -0.604. The molecule has 2 saturated heterocycles. The van der Waals surface area contributed by atoms with E-state index in [1.165, 1.54) is 4.90 Å². The number of hydrogen-bond donors (Lipinski definition) is 1. The van der Waals surface area contributed by atoms with Crippen molar-refractivity contribution in [2.45, 2.75) is 51.3 Å². The van der Waals surface area contributed by atoms with Crippen molar-refractivity contribution < 1.29 is 19.4 Å². The van der Waals surface area contributed by atoms with Gasteiger partial charge in [-0.15, -0.1) is 0 Å². The normalized spacial score (nSPS) is 28.1. The smallest absolute Gasteiger partial charge is 0.411 e. The van der Waals surface area contributed by atoms with Gasteiger partial charge in [0.2, 0.25) is 0 Å². The number of rotatable bonds is 1. The first-order valence-corrected chi connectivity index (χ1v) is 6.76. The van der Waals surface area contributed by atoms with E-state index >= 15 is 0 Å². The van der Waals surface area contributed by atoms with Gasteiger partial charge in [0.15, 0.2) is 0 Å². The van der Waals surface area contributed by atoms with E-state index in [4.69, 9.17) is 4.74 Å². The van der Waals surface area contributed by atoms with Gasteiger partial charge < -0.3 is 9.84 Å². The molecule has 0 aromatic rings. The summed E-state index contributed by atoms with van der Waals surface area (Å²) < 4.78 is 5.31. The van der Waals surface area contributed by atoms with E-state index in [0.29, 0.717) is 6.54 Å². The van der Waals surface area contributed by atoms with Gasteiger partial charge in [0.1, 0.15) is 11.6 Å². The van der Waals surface area contributed by atoms with Crippen molar-refractivity contribution in [1.29, 1.82) is 0 Å². The van der Waals surface area contributed by atoms with Gasteiger partial charge in [-0.2, -0.15) is 0 Å². The highest BCUT2D eigenvalue weighted by Gasteiger charge is 2.46. The summed E-state index contributed by atoms with van der Waals surface area (Å²) in [7, 11) is 0. The molecule has 0 saturated carbocycles. The fourth-order valence-corrected chi connectivity index (χ4v) is 2.89. The molecule has 2 aliphatic heterocycles. The maximum atomic E-state index is 12.1. The van der Waals surface area contributed by atoms with Crippen molar-refractivity contribution in [3.05, 3.63) is 0 Å². The molecular weight excluding hydrogens is 248 g/mol. The Morgan fingerprint density at radius 2 is 1.89 bits per heavy atom. The van der Waals surface area contributed by atoms with Gasteiger partial charge in [0.25, 0.3) is 0 Å². The molecule has 0 aromatic heterocycles. The zero-order valence-electron chi connectivity index (χ0n) is 11.8. The van der Waals surface area contributed by atoms with E-state index < -0.39 is 23.7 Å². The highest BCUT2D eigenvalue weighted by atomic mass is 16.6. The van der Waals surface area contributed by atoms with E-state index in [2.05, 4.69) is 4.90 Å². The molecule has 2 heterocycles. The summed E-state index contributed by atoms with van der Waals surface area (Å²) in [6.07, 6.45) is 1.30. The predicted octanol–water partition coefficient (Wildman–Crippen LogP) is 1.15. The molecule has 6 heteroatoms. The van der Waals surface area contributed by atoms with Crippen LogP contribution in [-0.4, -0.2) is 64.3 Å². The minimum atomic E-state index is -0.942. The standard InChI is InChI=1S/C13H22N2O4/c1-13(2,3)19-12(18)15-8-7-14-6-4-5-9(14)10(15)11(16)17/h9-10H,4-8H2,1-3H3,(H,16,17)/t9-,10?/m1/s1. The summed E-state index contributed by atoms with van der Waals surface area (Å²) >= 11 is 0. The van der Waals surface area contributed by atoms with Gasteiger partial charge >= 0.3 is 12.1 Å². The van der Waals surface area contributed by atoms with Gasteiger partial charge in [-0.3, -0.25) is 9.80 Å². The third-order valence-electron chi connectivity index (χ3n) is 3.62. The van der Waals surface area contributed by atoms with Gasteiger partial charge in [-0.1, -0.05) is 0 Å². The fraction of sp³-hybridized carbons (Fsp3) is 0.846. The minimum Gasteiger partial charge on any atom is -0.480 e. The topological polar surface area (TPSA) is 70.1 Å². The van der Waals surface area contributed by atoms with Crippen molar-refractivity contribution in [3.8, 4) is 0 Å². The minimum absolute atomic E-state index is 0.0706. The Labute approximate surface area is 113 Å². The van der Waals surface area contributed by atoms with Crippen LogP contribution in [-0.2, 0) is 9.53 Å². The van der Waals surface area contributed by atoms with Gasteiger partial charge in [-0.25, -0.2) is 9.59 Å². The number of amides is 1. The lowest BCUT2D eigenvalue weighted by atomic mass is 10.0. The molecule has 0 bridgehead atoms. The van der Waals surface area contributed by atoms with E-state index in [0.717, 1.165) is 25.9 Å². The summed E-state index contributed by atoms with van der Waals surface area (Å²) in [6.45, 7) is 7.43. The zero-order chi connectivity index (χ0) is 14.2. The Morgan fingerprint density at radius 3 is 2.47 bits per heavy atom. The molecule has 108 valence electrons. The Kier molecular flexibility index (Phi) is 3.71. The van der Waals surface area contributed by atoms with Crippen LogP contribution in [0, 0.1) is 0 Å². The third kappa shape index (κ3) is 3.00. The second kappa shape index (κ2) is 5.00. The fourth-order valence-electron chi connectivity index (χ4n) is 2.89. The first-order valence-electron chi connectivity index (χ1n) is 6.76. The van der Waals surface area contributed by atoms with Crippen LogP contribution >= 0.6 is 0 Å². The molecule has 2 aliphatic rings. The number of aliphatic carboxylic acids is 1. The Balaban J connectivity index is 2.14. The van der Waals surface area contributed by atoms with Crippen LogP contribution < -0.4 is 0 Å². The second-order valence-corrected chi connectivity index (χ2v) is 6.20. The molecule has 1 unspecified atom stereocenters. The summed E-state index contributed by atoms with van der Waals surface area (Å²) in [5, 5.41) is 9.43. The lowest BCUT2D eigenvalue weighted by molar-refractivity contribution is -0.147. The highest BCUT2D eigenvalue weighted by molar-refractivity contribution is 5.81. The zero-order valence-corrected chi connectivity index (χ0v) is 11.8. The van der Waals surface area contributed by atoms with Crippen LogP contribution in [0.15, 0.2) is 0 Å². The quantitative estimate of drug-likeness (QED) is 0.774. The number of nitrogens with zero attached hydrogens (tertiary/aromatic N) is 2.